The monoisotopic (exact) mass is 324 g/mol. The van der Waals surface area contributed by atoms with E-state index in [2.05, 4.69) is 0 Å². The van der Waals surface area contributed by atoms with Crippen molar-refractivity contribution in [2.75, 3.05) is 20.4 Å². The molecule has 1 heterocycles. The number of carbonyl (C=O) groups is 1. The average molecular weight is 324 g/mol. The van der Waals surface area contributed by atoms with Gasteiger partial charge in [0.15, 0.2) is 0 Å². The van der Waals surface area contributed by atoms with Crippen LogP contribution in [0, 0.1) is 0 Å². The minimum absolute atomic E-state index is 0.150. The lowest BCUT2D eigenvalue weighted by molar-refractivity contribution is -0.116. The number of benzene rings is 1. The predicted octanol–water partition coefficient (Wildman–Crippen LogP) is 4.01. The van der Waals surface area contributed by atoms with Crippen LogP contribution in [0.1, 0.15) is 4.88 Å². The fraction of sp³-hybridized carbons (Fsp3) is 0.267. The zero-order valence-electron chi connectivity index (χ0n) is 11.9. The molecule has 1 aromatic heterocycles. The van der Waals surface area contributed by atoms with Gasteiger partial charge in [0, 0.05) is 30.4 Å². The summed E-state index contributed by atoms with van der Waals surface area (Å²) < 4.78 is 21.5. The summed E-state index contributed by atoms with van der Waals surface area (Å²) in [5.41, 5.74) is 1.13. The van der Waals surface area contributed by atoms with Gasteiger partial charge in [0.25, 0.3) is 0 Å². The van der Waals surface area contributed by atoms with Crippen LogP contribution in [0.2, 0.25) is 0 Å². The van der Waals surface area contributed by atoms with E-state index in [-0.39, 0.29) is 18.4 Å². The Morgan fingerprint density at radius 3 is 2.38 bits per heavy atom. The highest BCUT2D eigenvalue weighted by molar-refractivity contribution is 7.54. The molecule has 0 fully saturated rings. The highest BCUT2D eigenvalue weighted by Gasteiger charge is 2.25. The van der Waals surface area contributed by atoms with Gasteiger partial charge in [-0.05, 0) is 17.7 Å². The van der Waals surface area contributed by atoms with Gasteiger partial charge in [-0.1, -0.05) is 30.3 Å². The zero-order valence-corrected chi connectivity index (χ0v) is 13.7. The summed E-state index contributed by atoms with van der Waals surface area (Å²) in [5.74, 6) is -0.150. The lowest BCUT2D eigenvalue weighted by atomic mass is 10.2. The van der Waals surface area contributed by atoms with Crippen molar-refractivity contribution in [3.8, 4) is 10.4 Å². The standard InChI is InChI=1S/C15H17O4PS/c1-18-20(17,19-2)11-13(16)10-14-8-9-15(21-14)12-6-4-3-5-7-12/h3-9H,10-11H2,1-2H3. The average Bonchev–Trinajstić information content (AvgIpc) is 2.96. The van der Waals surface area contributed by atoms with Crippen LogP contribution in [-0.4, -0.2) is 26.2 Å². The molecule has 6 heteroatoms. The Morgan fingerprint density at radius 2 is 1.76 bits per heavy atom. The second kappa shape index (κ2) is 7.14. The van der Waals surface area contributed by atoms with Crippen LogP contribution in [0.15, 0.2) is 42.5 Å². The Morgan fingerprint density at radius 1 is 1.10 bits per heavy atom. The van der Waals surface area contributed by atoms with Gasteiger partial charge >= 0.3 is 7.60 Å². The molecule has 4 nitrogen and oxygen atoms in total. The number of rotatable bonds is 7. The van der Waals surface area contributed by atoms with E-state index in [9.17, 15) is 9.36 Å². The fourth-order valence-corrected chi connectivity index (χ4v) is 3.89. The van der Waals surface area contributed by atoms with Crippen molar-refractivity contribution >= 4 is 24.7 Å². The van der Waals surface area contributed by atoms with E-state index in [0.29, 0.717) is 0 Å². The first kappa shape index (κ1) is 16.1. The summed E-state index contributed by atoms with van der Waals surface area (Å²) in [6.07, 6.45) is 0.0484. The van der Waals surface area contributed by atoms with Crippen molar-refractivity contribution in [1.82, 2.24) is 0 Å². The van der Waals surface area contributed by atoms with E-state index in [4.69, 9.17) is 9.05 Å². The third kappa shape index (κ3) is 4.35. The highest BCUT2D eigenvalue weighted by Crippen LogP contribution is 2.46. The number of thiophene rings is 1. The number of Topliss-reactive ketones (excluding diaryl/α,β-unsaturated/α-hetero) is 1. The Kier molecular flexibility index (Phi) is 5.48. The van der Waals surface area contributed by atoms with Crippen molar-refractivity contribution in [3.63, 3.8) is 0 Å². The summed E-state index contributed by atoms with van der Waals surface area (Å²) in [5, 5.41) is 0. The molecular formula is C15H17O4PS. The van der Waals surface area contributed by atoms with Crippen LogP contribution in [0.3, 0.4) is 0 Å². The molecule has 0 spiro atoms. The predicted molar refractivity (Wildman–Crippen MR) is 85.0 cm³/mol. The molecule has 2 rings (SSSR count). The lowest BCUT2D eigenvalue weighted by Crippen LogP contribution is -2.09. The quantitative estimate of drug-likeness (QED) is 0.722. The van der Waals surface area contributed by atoms with Gasteiger partial charge in [0.1, 0.15) is 11.9 Å². The van der Waals surface area contributed by atoms with Gasteiger partial charge < -0.3 is 9.05 Å². The third-order valence-electron chi connectivity index (χ3n) is 3.02. The van der Waals surface area contributed by atoms with Gasteiger partial charge in [-0.25, -0.2) is 0 Å². The van der Waals surface area contributed by atoms with E-state index in [0.717, 1.165) is 15.3 Å². The number of hydrogen-bond donors (Lipinski definition) is 0. The maximum atomic E-state index is 12.0. The van der Waals surface area contributed by atoms with Crippen molar-refractivity contribution in [3.05, 3.63) is 47.3 Å². The molecule has 0 unspecified atom stereocenters. The first-order valence-corrected chi connectivity index (χ1v) is 8.97. The van der Waals surface area contributed by atoms with Crippen LogP contribution < -0.4 is 0 Å². The molecule has 2 aromatic rings. The molecule has 0 bridgehead atoms. The minimum Gasteiger partial charge on any atom is -0.312 e. The molecule has 0 radical (unpaired) electrons. The Labute approximate surface area is 128 Å². The summed E-state index contributed by atoms with van der Waals surface area (Å²) in [6, 6.07) is 13.9. The van der Waals surface area contributed by atoms with Crippen LogP contribution >= 0.6 is 18.9 Å². The van der Waals surface area contributed by atoms with Crippen molar-refractivity contribution in [1.29, 1.82) is 0 Å². The molecule has 0 aliphatic rings. The summed E-state index contributed by atoms with van der Waals surface area (Å²) in [6.45, 7) is 0. The van der Waals surface area contributed by atoms with Crippen LogP contribution in [0.4, 0.5) is 0 Å². The number of hydrogen-bond acceptors (Lipinski definition) is 5. The normalized spacial score (nSPS) is 11.5. The summed E-state index contributed by atoms with van der Waals surface area (Å²) in [4.78, 5) is 14.0. The van der Waals surface area contributed by atoms with E-state index >= 15 is 0 Å². The number of ketones is 1. The Bertz CT molecular complexity index is 643. The SMILES string of the molecule is COP(=O)(CC(=O)Cc1ccc(-c2ccccc2)s1)OC. The lowest BCUT2D eigenvalue weighted by Gasteiger charge is -2.11. The largest absolute Gasteiger partial charge is 0.337 e. The molecule has 0 aliphatic heterocycles. The minimum atomic E-state index is -3.27. The topological polar surface area (TPSA) is 52.6 Å². The van der Waals surface area contributed by atoms with Crippen LogP contribution in [-0.2, 0) is 24.8 Å². The molecule has 0 amide bonds. The molecule has 0 atom stereocenters. The molecule has 112 valence electrons. The van der Waals surface area contributed by atoms with Crippen LogP contribution in [0.5, 0.6) is 0 Å². The summed E-state index contributed by atoms with van der Waals surface area (Å²) >= 11 is 1.56. The summed E-state index contributed by atoms with van der Waals surface area (Å²) in [7, 11) is -0.695. The first-order chi connectivity index (χ1) is 10.1. The molecular weight excluding hydrogens is 307 g/mol. The number of carbonyl (C=O) groups excluding carboxylic acids is 1. The molecule has 0 saturated carbocycles. The van der Waals surface area contributed by atoms with Gasteiger partial charge in [-0.2, -0.15) is 0 Å². The highest BCUT2D eigenvalue weighted by atomic mass is 32.1. The first-order valence-electron chi connectivity index (χ1n) is 6.42. The second-order valence-electron chi connectivity index (χ2n) is 4.48. The van der Waals surface area contributed by atoms with Gasteiger partial charge in [-0.3, -0.25) is 9.36 Å². The molecule has 21 heavy (non-hydrogen) atoms. The van der Waals surface area contributed by atoms with Crippen LogP contribution in [0.25, 0.3) is 10.4 Å². The fourth-order valence-electron chi connectivity index (χ4n) is 1.90. The van der Waals surface area contributed by atoms with E-state index in [1.807, 2.05) is 42.5 Å². The maximum Gasteiger partial charge on any atom is 0.337 e. The van der Waals surface area contributed by atoms with Gasteiger partial charge in [0.2, 0.25) is 0 Å². The van der Waals surface area contributed by atoms with Gasteiger partial charge in [0.05, 0.1) is 0 Å². The van der Waals surface area contributed by atoms with Crippen molar-refractivity contribution < 1.29 is 18.4 Å². The Hall–Kier alpha value is -1.26. The molecule has 0 saturated heterocycles. The maximum absolute atomic E-state index is 12.0. The van der Waals surface area contributed by atoms with Crippen molar-refractivity contribution in [2.45, 2.75) is 6.42 Å². The zero-order chi connectivity index (χ0) is 15.3. The second-order valence-corrected chi connectivity index (χ2v) is 7.92. The van der Waals surface area contributed by atoms with E-state index in [1.54, 1.807) is 11.3 Å². The molecule has 0 N–H and O–H groups in total. The third-order valence-corrected chi connectivity index (χ3v) is 6.00. The van der Waals surface area contributed by atoms with Crippen molar-refractivity contribution in [2.24, 2.45) is 0 Å². The Balaban J connectivity index is 2.03. The van der Waals surface area contributed by atoms with E-state index < -0.39 is 7.60 Å². The van der Waals surface area contributed by atoms with E-state index in [1.165, 1.54) is 14.2 Å². The molecule has 1 aromatic carbocycles. The molecule has 0 aliphatic carbocycles. The smallest absolute Gasteiger partial charge is 0.312 e. The van der Waals surface area contributed by atoms with Gasteiger partial charge in [-0.15, -0.1) is 11.3 Å².